The average molecular weight is 254 g/mol. The Balaban J connectivity index is 2.23. The highest BCUT2D eigenvalue weighted by molar-refractivity contribution is 7.91. The van der Waals surface area contributed by atoms with Crippen molar-refractivity contribution in [2.45, 2.75) is 19.3 Å². The highest BCUT2D eigenvalue weighted by atomic mass is 32.2. The molecule has 0 heterocycles. The summed E-state index contributed by atoms with van der Waals surface area (Å²) in [6.45, 7) is 1.81. The molecule has 1 aromatic carbocycles. The van der Waals surface area contributed by atoms with E-state index < -0.39 is 9.84 Å². The van der Waals surface area contributed by atoms with E-state index in [0.29, 0.717) is 5.92 Å². The third-order valence-corrected chi connectivity index (χ3v) is 5.19. The molecule has 0 bridgehead atoms. The Bertz CT molecular complexity index is 493. The Morgan fingerprint density at radius 2 is 2.06 bits per heavy atom. The zero-order valence-electron chi connectivity index (χ0n) is 9.96. The van der Waals surface area contributed by atoms with E-state index in [9.17, 15) is 8.42 Å². The predicted molar refractivity (Wildman–Crippen MR) is 67.8 cm³/mol. The van der Waals surface area contributed by atoms with E-state index in [2.05, 4.69) is 13.0 Å². The largest absolute Gasteiger partial charge is 0.395 e. The number of aliphatic hydroxyl groups is 1. The van der Waals surface area contributed by atoms with Crippen molar-refractivity contribution in [3.63, 3.8) is 0 Å². The van der Waals surface area contributed by atoms with Crippen LogP contribution in [0.4, 0.5) is 0 Å². The van der Waals surface area contributed by atoms with E-state index >= 15 is 0 Å². The second-order valence-electron chi connectivity index (χ2n) is 4.82. The minimum absolute atomic E-state index is 0.0859. The van der Waals surface area contributed by atoms with Crippen LogP contribution in [0.5, 0.6) is 0 Å². The average Bonchev–Trinajstić information content (AvgIpc) is 2.55. The van der Waals surface area contributed by atoms with Gasteiger partial charge in [0.05, 0.1) is 18.1 Å². The van der Waals surface area contributed by atoms with Crippen molar-refractivity contribution in [3.8, 4) is 0 Å². The van der Waals surface area contributed by atoms with Crippen molar-refractivity contribution in [1.82, 2.24) is 0 Å². The fourth-order valence-corrected chi connectivity index (χ4v) is 4.13. The third kappa shape index (κ3) is 2.69. The summed E-state index contributed by atoms with van der Waals surface area (Å²) in [6, 6.07) is 8.06. The summed E-state index contributed by atoms with van der Waals surface area (Å²) < 4.78 is 23.6. The van der Waals surface area contributed by atoms with E-state index in [4.69, 9.17) is 5.11 Å². The van der Waals surface area contributed by atoms with Gasteiger partial charge in [-0.3, -0.25) is 0 Å². The van der Waals surface area contributed by atoms with Gasteiger partial charge in [-0.25, -0.2) is 8.42 Å². The molecule has 17 heavy (non-hydrogen) atoms. The monoisotopic (exact) mass is 254 g/mol. The van der Waals surface area contributed by atoms with Crippen LogP contribution in [0, 0.1) is 5.92 Å². The van der Waals surface area contributed by atoms with Gasteiger partial charge in [0.2, 0.25) is 0 Å². The summed E-state index contributed by atoms with van der Waals surface area (Å²) in [5, 5.41) is 8.76. The second kappa shape index (κ2) is 4.78. The first-order valence-corrected chi connectivity index (χ1v) is 7.75. The molecule has 0 radical (unpaired) electrons. The Morgan fingerprint density at radius 1 is 1.35 bits per heavy atom. The molecule has 94 valence electrons. The van der Waals surface area contributed by atoms with Crippen molar-refractivity contribution in [3.05, 3.63) is 35.4 Å². The van der Waals surface area contributed by atoms with Crippen LogP contribution >= 0.6 is 0 Å². The molecule has 1 N–H and O–H groups in total. The molecule has 2 rings (SSSR count). The van der Waals surface area contributed by atoms with Crippen molar-refractivity contribution >= 4 is 9.84 Å². The molecular weight excluding hydrogens is 236 g/mol. The first kappa shape index (κ1) is 12.6. The summed E-state index contributed by atoms with van der Waals surface area (Å²) >= 11 is 0. The van der Waals surface area contributed by atoms with Gasteiger partial charge in [0.1, 0.15) is 0 Å². The lowest BCUT2D eigenvalue weighted by atomic mass is 9.96. The quantitative estimate of drug-likeness (QED) is 0.883. The molecule has 0 fully saturated rings. The Hall–Kier alpha value is -0.870. The van der Waals surface area contributed by atoms with Gasteiger partial charge in [-0.15, -0.1) is 0 Å². The second-order valence-corrected chi connectivity index (χ2v) is 7.05. The number of fused-ring (bicyclic) bond motifs is 1. The highest BCUT2D eigenvalue weighted by Gasteiger charge is 2.32. The summed E-state index contributed by atoms with van der Waals surface area (Å²) in [6.07, 6.45) is 0.954. The molecule has 1 aromatic rings. The molecule has 4 heteroatoms. The van der Waals surface area contributed by atoms with Crippen LogP contribution in [0.3, 0.4) is 0 Å². The number of hydrogen-bond donors (Lipinski definition) is 1. The maximum atomic E-state index is 11.8. The summed E-state index contributed by atoms with van der Waals surface area (Å²) in [4.78, 5) is 0. The van der Waals surface area contributed by atoms with Crippen molar-refractivity contribution < 1.29 is 13.5 Å². The molecule has 1 aliphatic carbocycles. The molecule has 0 saturated carbocycles. The van der Waals surface area contributed by atoms with E-state index in [-0.39, 0.29) is 24.0 Å². The first-order chi connectivity index (χ1) is 8.03. The topological polar surface area (TPSA) is 54.4 Å². The zero-order valence-corrected chi connectivity index (χ0v) is 10.8. The zero-order chi connectivity index (χ0) is 12.5. The van der Waals surface area contributed by atoms with E-state index in [0.717, 1.165) is 6.42 Å². The summed E-state index contributed by atoms with van der Waals surface area (Å²) in [7, 11) is -3.14. The van der Waals surface area contributed by atoms with Crippen LogP contribution in [0.2, 0.25) is 0 Å². The van der Waals surface area contributed by atoms with Gasteiger partial charge in [0, 0.05) is 5.92 Å². The summed E-state index contributed by atoms with van der Waals surface area (Å²) in [5.74, 6) is 0.480. The van der Waals surface area contributed by atoms with Gasteiger partial charge in [0.25, 0.3) is 0 Å². The molecule has 3 nitrogen and oxygen atoms in total. The Morgan fingerprint density at radius 3 is 2.76 bits per heavy atom. The van der Waals surface area contributed by atoms with Gasteiger partial charge < -0.3 is 5.11 Å². The van der Waals surface area contributed by atoms with Gasteiger partial charge in [-0.2, -0.15) is 0 Å². The molecule has 0 saturated heterocycles. The maximum absolute atomic E-state index is 11.8. The Labute approximate surface area is 102 Å². The number of benzene rings is 1. The first-order valence-electron chi connectivity index (χ1n) is 5.92. The lowest BCUT2D eigenvalue weighted by Crippen LogP contribution is -2.21. The predicted octanol–water partition coefficient (Wildman–Crippen LogP) is 1.37. The van der Waals surface area contributed by atoms with Crippen LogP contribution in [0.1, 0.15) is 24.0 Å². The van der Waals surface area contributed by atoms with Crippen molar-refractivity contribution in [1.29, 1.82) is 0 Å². The normalized spacial score (nSPS) is 23.6. The van der Waals surface area contributed by atoms with Crippen LogP contribution in [0.25, 0.3) is 0 Å². The van der Waals surface area contributed by atoms with Crippen LogP contribution in [-0.4, -0.2) is 31.6 Å². The van der Waals surface area contributed by atoms with E-state index in [1.807, 2.05) is 18.2 Å². The molecule has 0 amide bonds. The number of aliphatic hydroxyl groups excluding tert-OH is 1. The van der Waals surface area contributed by atoms with Crippen molar-refractivity contribution in [2.75, 3.05) is 18.1 Å². The number of rotatable bonds is 4. The lowest BCUT2D eigenvalue weighted by molar-refractivity contribution is 0.319. The van der Waals surface area contributed by atoms with Gasteiger partial charge in [-0.05, 0) is 23.5 Å². The molecule has 0 spiro atoms. The fraction of sp³-hybridized carbons (Fsp3) is 0.538. The molecular formula is C13H18O3S. The highest BCUT2D eigenvalue weighted by Crippen LogP contribution is 2.38. The number of sulfone groups is 1. The summed E-state index contributed by atoms with van der Waals surface area (Å²) in [5.41, 5.74) is 2.44. The van der Waals surface area contributed by atoms with Gasteiger partial charge >= 0.3 is 0 Å². The van der Waals surface area contributed by atoms with Gasteiger partial charge in [0.15, 0.2) is 9.84 Å². The molecule has 0 aromatic heterocycles. The standard InChI is InChI=1S/C13H18O3S/c1-10-8-11-4-2-3-5-12(11)13(10)9-17(15,16)7-6-14/h2-5,10,13-14H,6-9H2,1H3/t10?,13-/m0/s1. The Kier molecular flexibility index (Phi) is 3.54. The maximum Gasteiger partial charge on any atom is 0.153 e. The lowest BCUT2D eigenvalue weighted by Gasteiger charge is -2.16. The SMILES string of the molecule is CC1Cc2ccccc2[C@H]1CS(=O)(=O)CCO. The van der Waals surface area contributed by atoms with Gasteiger partial charge in [-0.1, -0.05) is 31.2 Å². The number of hydrogen-bond acceptors (Lipinski definition) is 3. The van der Waals surface area contributed by atoms with E-state index in [1.165, 1.54) is 11.1 Å². The minimum Gasteiger partial charge on any atom is -0.395 e. The smallest absolute Gasteiger partial charge is 0.153 e. The molecule has 1 aliphatic rings. The van der Waals surface area contributed by atoms with Crippen LogP contribution in [0.15, 0.2) is 24.3 Å². The molecule has 1 unspecified atom stereocenters. The van der Waals surface area contributed by atoms with Crippen LogP contribution in [-0.2, 0) is 16.3 Å². The fourth-order valence-electron chi connectivity index (χ4n) is 2.63. The third-order valence-electron chi connectivity index (χ3n) is 3.52. The molecule has 2 atom stereocenters. The minimum atomic E-state index is -3.14. The van der Waals surface area contributed by atoms with E-state index in [1.54, 1.807) is 0 Å². The molecule has 0 aliphatic heterocycles. The van der Waals surface area contributed by atoms with Crippen LogP contribution < -0.4 is 0 Å². The van der Waals surface area contributed by atoms with Crippen molar-refractivity contribution in [2.24, 2.45) is 5.92 Å².